The van der Waals surface area contributed by atoms with Crippen molar-refractivity contribution in [2.75, 3.05) is 0 Å². The molecule has 0 aromatic heterocycles. The summed E-state index contributed by atoms with van der Waals surface area (Å²) in [7, 11) is -0.722. The Labute approximate surface area is 71.6 Å². The van der Waals surface area contributed by atoms with Crippen LogP contribution in [0.25, 0.3) is 0 Å². The lowest BCUT2D eigenvalue weighted by molar-refractivity contribution is 0.746. The van der Waals surface area contributed by atoms with Crippen molar-refractivity contribution in [2.24, 2.45) is 0 Å². The molecule has 0 aromatic rings. The Morgan fingerprint density at radius 2 is 1.73 bits per heavy atom. The van der Waals surface area contributed by atoms with Crippen molar-refractivity contribution in [1.29, 1.82) is 0 Å². The van der Waals surface area contributed by atoms with Crippen molar-refractivity contribution in [1.82, 2.24) is 0 Å². The molecule has 0 N–H and O–H groups in total. The Morgan fingerprint density at radius 3 is 1.91 bits per heavy atom. The van der Waals surface area contributed by atoms with Gasteiger partial charge in [0.15, 0.2) is 0 Å². The van der Waals surface area contributed by atoms with Crippen molar-refractivity contribution >= 4 is 8.80 Å². The van der Waals surface area contributed by atoms with E-state index in [-0.39, 0.29) is 0 Å². The molecule has 1 unspecified atom stereocenters. The summed E-state index contributed by atoms with van der Waals surface area (Å²) < 4.78 is 0. The molecule has 0 aliphatic carbocycles. The summed E-state index contributed by atoms with van der Waals surface area (Å²) in [6, 6.07) is 0. The van der Waals surface area contributed by atoms with Crippen LogP contribution in [-0.2, 0) is 0 Å². The van der Waals surface area contributed by atoms with Crippen LogP contribution in [0, 0.1) is 0 Å². The van der Waals surface area contributed by atoms with E-state index in [1.54, 1.807) is 5.20 Å². The fourth-order valence-corrected chi connectivity index (χ4v) is 4.93. The maximum atomic E-state index is 2.46. The highest BCUT2D eigenvalue weighted by atomic mass is 28.3. The lowest BCUT2D eigenvalue weighted by Crippen LogP contribution is -2.23. The zero-order valence-corrected chi connectivity index (χ0v) is 9.39. The van der Waals surface area contributed by atoms with Crippen LogP contribution in [0.1, 0.15) is 34.6 Å². The zero-order chi connectivity index (χ0) is 8.65. The monoisotopic (exact) mass is 166 g/mol. The quantitative estimate of drug-likeness (QED) is 0.485. The van der Waals surface area contributed by atoms with Crippen LogP contribution in [0.4, 0.5) is 0 Å². The van der Waals surface area contributed by atoms with E-state index in [4.69, 9.17) is 0 Å². The predicted octanol–water partition coefficient (Wildman–Crippen LogP) is 3.00. The first-order chi connectivity index (χ1) is 4.93. The van der Waals surface area contributed by atoms with Gasteiger partial charge < -0.3 is 0 Å². The molecule has 1 aliphatic heterocycles. The molecule has 0 saturated carbocycles. The van der Waals surface area contributed by atoms with E-state index in [1.807, 2.05) is 0 Å². The molecule has 62 valence electrons. The standard InChI is InChI=1S/C10H18Si/c1-8-6-7-11(9(8)2)10(3,4)5/h6-7,11H,1-5H3. The van der Waals surface area contributed by atoms with Crippen molar-refractivity contribution in [3.05, 3.63) is 22.5 Å². The van der Waals surface area contributed by atoms with E-state index < -0.39 is 8.80 Å². The largest absolute Gasteiger partial charge is 0.0941 e. The lowest BCUT2D eigenvalue weighted by atomic mass is 10.2. The molecule has 1 rings (SSSR count). The van der Waals surface area contributed by atoms with Crippen LogP contribution in [0.5, 0.6) is 0 Å². The van der Waals surface area contributed by atoms with Crippen LogP contribution in [-0.4, -0.2) is 8.80 Å². The molecule has 0 saturated heterocycles. The highest BCUT2D eigenvalue weighted by Crippen LogP contribution is 2.35. The van der Waals surface area contributed by atoms with Crippen molar-refractivity contribution in [2.45, 2.75) is 39.7 Å². The van der Waals surface area contributed by atoms with Crippen molar-refractivity contribution in [3.8, 4) is 0 Å². The molecule has 1 atom stereocenters. The Kier molecular flexibility index (Phi) is 2.10. The molecular formula is C10H18Si. The summed E-state index contributed by atoms with van der Waals surface area (Å²) in [5, 5.41) is 2.20. The van der Waals surface area contributed by atoms with Gasteiger partial charge in [0.1, 0.15) is 0 Å². The molecule has 0 bridgehead atoms. The molecule has 0 radical (unpaired) electrons. The van der Waals surface area contributed by atoms with Gasteiger partial charge in [0.25, 0.3) is 0 Å². The second kappa shape index (κ2) is 2.63. The average Bonchev–Trinajstić information content (AvgIpc) is 2.11. The predicted molar refractivity (Wildman–Crippen MR) is 54.4 cm³/mol. The second-order valence-electron chi connectivity index (χ2n) is 4.57. The number of hydrogen-bond acceptors (Lipinski definition) is 0. The third kappa shape index (κ3) is 1.64. The minimum atomic E-state index is -0.722. The van der Waals surface area contributed by atoms with Crippen LogP contribution in [0.3, 0.4) is 0 Å². The highest BCUT2D eigenvalue weighted by molar-refractivity contribution is 6.75. The topological polar surface area (TPSA) is 0 Å². The Balaban J connectivity index is 2.89. The van der Waals surface area contributed by atoms with Crippen molar-refractivity contribution in [3.63, 3.8) is 0 Å². The third-order valence-electron chi connectivity index (χ3n) is 2.56. The molecular weight excluding hydrogens is 148 g/mol. The van der Waals surface area contributed by atoms with Gasteiger partial charge in [-0.2, -0.15) is 0 Å². The van der Waals surface area contributed by atoms with Crippen LogP contribution in [0.15, 0.2) is 22.5 Å². The van der Waals surface area contributed by atoms with E-state index in [1.165, 1.54) is 5.57 Å². The maximum Gasteiger partial charge on any atom is 0.0941 e. The van der Waals surface area contributed by atoms with E-state index in [9.17, 15) is 0 Å². The fourth-order valence-electron chi connectivity index (χ4n) is 1.70. The van der Waals surface area contributed by atoms with Crippen molar-refractivity contribution < 1.29 is 0 Å². The molecule has 0 fully saturated rings. The fraction of sp³-hybridized carbons (Fsp3) is 0.600. The molecule has 0 nitrogen and oxygen atoms in total. The lowest BCUT2D eigenvalue weighted by Gasteiger charge is -2.25. The van der Waals surface area contributed by atoms with Gasteiger partial charge in [0.2, 0.25) is 0 Å². The van der Waals surface area contributed by atoms with Gasteiger partial charge in [0.05, 0.1) is 8.80 Å². The summed E-state index contributed by atoms with van der Waals surface area (Å²) >= 11 is 0. The number of rotatable bonds is 0. The van der Waals surface area contributed by atoms with Crippen LogP contribution in [0.2, 0.25) is 5.04 Å². The number of allylic oxidation sites excluding steroid dienone is 3. The first-order valence-corrected chi connectivity index (χ1v) is 6.10. The van der Waals surface area contributed by atoms with Gasteiger partial charge in [-0.25, -0.2) is 0 Å². The molecule has 1 heterocycles. The summed E-state index contributed by atoms with van der Waals surface area (Å²) in [4.78, 5) is 0. The first kappa shape index (κ1) is 8.79. The van der Waals surface area contributed by atoms with Gasteiger partial charge in [-0.05, 0) is 18.9 Å². The van der Waals surface area contributed by atoms with Gasteiger partial charge in [-0.15, -0.1) is 0 Å². The highest BCUT2D eigenvalue weighted by Gasteiger charge is 2.28. The van der Waals surface area contributed by atoms with Crippen LogP contribution < -0.4 is 0 Å². The molecule has 1 heteroatoms. The van der Waals surface area contributed by atoms with E-state index >= 15 is 0 Å². The van der Waals surface area contributed by atoms with E-state index in [2.05, 4.69) is 46.4 Å². The Hall–Kier alpha value is -0.303. The average molecular weight is 166 g/mol. The van der Waals surface area contributed by atoms with E-state index in [0.29, 0.717) is 5.04 Å². The molecule has 11 heavy (non-hydrogen) atoms. The summed E-state index contributed by atoms with van der Waals surface area (Å²) in [6.07, 6.45) is 2.30. The maximum absolute atomic E-state index is 2.46. The molecule has 0 aromatic carbocycles. The normalized spacial score (nSPS) is 25.0. The van der Waals surface area contributed by atoms with E-state index in [0.717, 1.165) is 0 Å². The second-order valence-corrected chi connectivity index (χ2v) is 8.51. The SMILES string of the molecule is CC1=C(C)[SiH](C(C)(C)C)C=C1. The third-order valence-corrected chi connectivity index (χ3v) is 6.39. The number of hydrogen-bond donors (Lipinski definition) is 0. The smallest absolute Gasteiger partial charge is 0.0925 e. The zero-order valence-electron chi connectivity index (χ0n) is 8.23. The molecule has 0 amide bonds. The Bertz CT molecular complexity index is 216. The molecule has 0 spiro atoms. The minimum Gasteiger partial charge on any atom is -0.0925 e. The van der Waals surface area contributed by atoms with Crippen LogP contribution >= 0.6 is 0 Å². The minimum absolute atomic E-state index is 0.526. The summed E-state index contributed by atoms with van der Waals surface area (Å²) in [6.45, 7) is 11.6. The first-order valence-electron chi connectivity index (χ1n) is 4.28. The summed E-state index contributed by atoms with van der Waals surface area (Å²) in [5.74, 6) is 0. The summed E-state index contributed by atoms with van der Waals surface area (Å²) in [5.41, 5.74) is 3.97. The van der Waals surface area contributed by atoms with Gasteiger partial charge in [-0.3, -0.25) is 0 Å². The Morgan fingerprint density at radius 1 is 1.18 bits per heavy atom. The van der Waals surface area contributed by atoms with Gasteiger partial charge >= 0.3 is 0 Å². The van der Waals surface area contributed by atoms with Gasteiger partial charge in [0, 0.05) is 0 Å². The van der Waals surface area contributed by atoms with Gasteiger partial charge in [-0.1, -0.05) is 43.3 Å². The molecule has 1 aliphatic rings.